The van der Waals surface area contributed by atoms with Gasteiger partial charge in [0.25, 0.3) is 0 Å². The number of ether oxygens (including phenoxy) is 1. The van der Waals surface area contributed by atoms with Crippen LogP contribution in [0.4, 0.5) is 5.69 Å². The van der Waals surface area contributed by atoms with Crippen LogP contribution in [0.5, 0.6) is 0 Å². The average molecular weight is 387 g/mol. The lowest BCUT2D eigenvalue weighted by molar-refractivity contribution is -0.138. The zero-order chi connectivity index (χ0) is 14.9. The molecule has 2 rings (SSSR count). The fourth-order valence-electron chi connectivity index (χ4n) is 2.12. The molecule has 1 aromatic carbocycles. The van der Waals surface area contributed by atoms with Crippen LogP contribution in [0, 0.1) is 8.78 Å². The number of halogens is 1. The maximum Gasteiger partial charge on any atom is 0.347 e. The van der Waals surface area contributed by atoms with Crippen LogP contribution in [-0.2, 0) is 9.53 Å². The molecule has 106 valence electrons. The zero-order valence-corrected chi connectivity index (χ0v) is 13.3. The van der Waals surface area contributed by atoms with Crippen molar-refractivity contribution in [1.29, 1.82) is 0 Å². The first-order valence-electron chi connectivity index (χ1n) is 6.26. The first-order chi connectivity index (χ1) is 9.42. The highest BCUT2D eigenvalue weighted by Gasteiger charge is 2.36. The number of carbonyl (C=O) groups excluding carboxylic acids is 2. The fraction of sp³-hybridized carbons (Fsp3) is 0.286. The van der Waals surface area contributed by atoms with Gasteiger partial charge in [-0.1, -0.05) is 0 Å². The third-order valence-electron chi connectivity index (χ3n) is 3.16. The van der Waals surface area contributed by atoms with E-state index in [2.05, 4.69) is 22.6 Å². The molecule has 0 fully saturated rings. The van der Waals surface area contributed by atoms with Crippen LogP contribution in [0.15, 0.2) is 30.0 Å². The first kappa shape index (κ1) is 15.1. The van der Waals surface area contributed by atoms with E-state index < -0.39 is 16.4 Å². The third-order valence-corrected chi connectivity index (χ3v) is 3.83. The molecule has 5 nitrogen and oxygen atoms in total. The highest BCUT2D eigenvalue weighted by molar-refractivity contribution is 14.1. The van der Waals surface area contributed by atoms with E-state index in [0.717, 1.165) is 9.77 Å². The molecule has 1 unspecified atom stereocenters. The Balaban J connectivity index is 2.60. The topological polar surface area (TPSA) is 66.4 Å². The lowest BCUT2D eigenvalue weighted by Crippen LogP contribution is -2.42. The minimum Gasteiger partial charge on any atom is -0.622 e. The molecule has 0 spiro atoms. The summed E-state index contributed by atoms with van der Waals surface area (Å²) in [6.07, 6.45) is 1.15. The largest absolute Gasteiger partial charge is 0.622 e. The van der Waals surface area contributed by atoms with Crippen LogP contribution >= 0.6 is 22.6 Å². The van der Waals surface area contributed by atoms with Gasteiger partial charge in [0, 0.05) is 9.64 Å². The van der Waals surface area contributed by atoms with Gasteiger partial charge in [-0.2, -0.15) is 0 Å². The number of ketones is 1. The van der Waals surface area contributed by atoms with Crippen molar-refractivity contribution in [3.63, 3.8) is 0 Å². The maximum absolute atomic E-state index is 12.8. The zero-order valence-electron chi connectivity index (χ0n) is 11.2. The molecular formula is C14H14INO4. The van der Waals surface area contributed by atoms with Gasteiger partial charge in [0.05, 0.1) is 18.7 Å². The highest BCUT2D eigenvalue weighted by atomic mass is 127. The molecule has 1 heterocycles. The second-order valence-electron chi connectivity index (χ2n) is 4.37. The molecule has 0 saturated carbocycles. The summed E-state index contributed by atoms with van der Waals surface area (Å²) < 4.78 is 4.86. The van der Waals surface area contributed by atoms with E-state index in [1.807, 2.05) is 0 Å². The molecule has 1 aliphatic heterocycles. The number of nitrogens with zero attached hydrogens (tertiary/aromatic N) is 1. The van der Waals surface area contributed by atoms with Gasteiger partial charge < -0.3 is 14.6 Å². The van der Waals surface area contributed by atoms with Crippen molar-refractivity contribution in [3.05, 3.63) is 44.3 Å². The van der Waals surface area contributed by atoms with Crippen LogP contribution < -0.4 is 4.65 Å². The molecule has 0 aliphatic carbocycles. The van der Waals surface area contributed by atoms with E-state index >= 15 is 0 Å². The maximum atomic E-state index is 12.8. The van der Waals surface area contributed by atoms with Gasteiger partial charge in [0.1, 0.15) is 11.9 Å². The van der Waals surface area contributed by atoms with Crippen LogP contribution in [0.1, 0.15) is 24.2 Å². The number of hydrogen-bond acceptors (Lipinski definition) is 4. The molecule has 20 heavy (non-hydrogen) atoms. The van der Waals surface area contributed by atoms with E-state index in [1.54, 1.807) is 32.0 Å². The van der Waals surface area contributed by atoms with Gasteiger partial charge in [-0.05, 0) is 48.6 Å². The molecule has 0 N–H and O–H groups in total. The van der Waals surface area contributed by atoms with Gasteiger partial charge in [0.2, 0.25) is 5.78 Å². The van der Waals surface area contributed by atoms with Gasteiger partial charge in [-0.25, -0.2) is 4.79 Å². The van der Waals surface area contributed by atoms with E-state index in [9.17, 15) is 14.8 Å². The summed E-state index contributed by atoms with van der Waals surface area (Å²) in [5.74, 6) is -1.19. The Morgan fingerprint density at radius 2 is 2.10 bits per heavy atom. The van der Waals surface area contributed by atoms with Crippen molar-refractivity contribution in [2.45, 2.75) is 13.8 Å². The Morgan fingerprint density at radius 1 is 1.40 bits per heavy atom. The summed E-state index contributed by atoms with van der Waals surface area (Å²) in [4.78, 5) is 24.2. The van der Waals surface area contributed by atoms with E-state index in [-0.39, 0.29) is 24.3 Å². The van der Waals surface area contributed by atoms with E-state index in [4.69, 9.17) is 4.74 Å². The Hall–Kier alpha value is -1.25. The van der Waals surface area contributed by atoms with Crippen molar-refractivity contribution in [2.75, 3.05) is 13.2 Å². The smallest absolute Gasteiger partial charge is 0.347 e. The summed E-state index contributed by atoms with van der Waals surface area (Å²) in [5, 5.41) is 12.8. The first-order valence-corrected chi connectivity index (χ1v) is 7.34. The van der Waals surface area contributed by atoms with Crippen LogP contribution in [0.2, 0.25) is 0 Å². The van der Waals surface area contributed by atoms with Gasteiger partial charge in [-0.3, -0.25) is 4.79 Å². The number of benzene rings is 1. The predicted molar refractivity (Wildman–Crippen MR) is 83.9 cm³/mol. The minimum atomic E-state index is -0.827. The van der Waals surface area contributed by atoms with Gasteiger partial charge in [-0.15, -0.1) is 0 Å². The number of Topliss-reactive ketones (excluding diaryl/α,β-unsaturated/α-hetero) is 1. The van der Waals surface area contributed by atoms with Gasteiger partial charge in [0.15, 0.2) is 5.57 Å². The number of carbonyl (C=O) groups is 2. The quantitative estimate of drug-likeness (QED) is 0.263. The molecule has 0 radical (unpaired) electrons. The standard InChI is InChI=1S/C14H14INO4/c1-3-16(19)8-11(14(18)20-4-2)13(17)10-7-9(15)5-6-12(10)16/h5-8H,3-4H2,1-2H3. The van der Waals surface area contributed by atoms with Crippen molar-refractivity contribution >= 4 is 40.0 Å². The molecule has 1 aliphatic rings. The Morgan fingerprint density at radius 3 is 2.70 bits per heavy atom. The lowest BCUT2D eigenvalue weighted by Gasteiger charge is -2.40. The van der Waals surface area contributed by atoms with Crippen LogP contribution in [0.3, 0.4) is 0 Å². The van der Waals surface area contributed by atoms with Crippen molar-refractivity contribution in [3.8, 4) is 0 Å². The number of hydroxylamine groups is 2. The third kappa shape index (κ3) is 2.50. The normalized spacial score (nSPS) is 21.2. The number of quaternary nitrogens is 1. The Bertz CT molecular complexity index is 611. The Kier molecular flexibility index (Phi) is 4.26. The Labute approximate surface area is 130 Å². The second-order valence-corrected chi connectivity index (χ2v) is 5.61. The van der Waals surface area contributed by atoms with E-state index in [0.29, 0.717) is 5.69 Å². The second kappa shape index (κ2) is 5.63. The summed E-state index contributed by atoms with van der Waals surface area (Å²) in [6.45, 7) is 3.73. The molecule has 1 aromatic rings. The molecule has 1 atom stereocenters. The van der Waals surface area contributed by atoms with Gasteiger partial charge >= 0.3 is 5.97 Å². The molecule has 0 saturated heterocycles. The molecule has 0 aromatic heterocycles. The summed E-state index contributed by atoms with van der Waals surface area (Å²) in [6, 6.07) is 5.05. The lowest BCUT2D eigenvalue weighted by atomic mass is 9.97. The number of fused-ring (bicyclic) bond motifs is 1. The summed E-state index contributed by atoms with van der Waals surface area (Å²) in [5.41, 5.74) is 0.462. The average Bonchev–Trinajstić information content (AvgIpc) is 2.43. The van der Waals surface area contributed by atoms with E-state index in [1.165, 1.54) is 0 Å². The SMILES string of the molecule is CCOC(=O)C1=C[N+]([O-])(CC)c2ccc(I)cc2C1=O. The van der Waals surface area contributed by atoms with Crippen LogP contribution in [0.25, 0.3) is 0 Å². The summed E-state index contributed by atoms with van der Waals surface area (Å²) in [7, 11) is 0. The number of esters is 1. The summed E-state index contributed by atoms with van der Waals surface area (Å²) >= 11 is 2.06. The fourth-order valence-corrected chi connectivity index (χ4v) is 2.61. The number of rotatable bonds is 3. The molecular weight excluding hydrogens is 373 g/mol. The highest BCUT2D eigenvalue weighted by Crippen LogP contribution is 2.35. The molecule has 6 heteroatoms. The monoisotopic (exact) mass is 387 g/mol. The number of hydrogen-bond donors (Lipinski definition) is 0. The van der Waals surface area contributed by atoms with Crippen molar-refractivity contribution in [2.24, 2.45) is 0 Å². The molecule has 0 bridgehead atoms. The van der Waals surface area contributed by atoms with Crippen LogP contribution in [-0.4, -0.2) is 24.9 Å². The van der Waals surface area contributed by atoms with Crippen molar-refractivity contribution in [1.82, 2.24) is 4.65 Å². The predicted octanol–water partition coefficient (Wildman–Crippen LogP) is 2.76. The minimum absolute atomic E-state index is 0.160. The molecule has 0 amide bonds. The van der Waals surface area contributed by atoms with Crippen molar-refractivity contribution < 1.29 is 14.3 Å².